The van der Waals surface area contributed by atoms with Crippen LogP contribution in [0.25, 0.3) is 0 Å². The number of aliphatic carboxylic acids is 2. The summed E-state index contributed by atoms with van der Waals surface area (Å²) in [4.78, 5) is 22.3. The number of carbonyl (C=O) groups is 2. The molecule has 1 saturated carbocycles. The summed E-state index contributed by atoms with van der Waals surface area (Å²) in [5.74, 6) is -2.88. The molecule has 2 N–H and O–H groups in total. The van der Waals surface area contributed by atoms with Crippen molar-refractivity contribution in [3.8, 4) is 0 Å². The number of hydrogen-bond donors (Lipinski definition) is 2. The third kappa shape index (κ3) is 4.84. The Bertz CT molecular complexity index is 285. The van der Waals surface area contributed by atoms with Crippen molar-refractivity contribution in [2.75, 3.05) is 0 Å². The lowest BCUT2D eigenvalue weighted by molar-refractivity contribution is -0.160. The quantitative estimate of drug-likeness (QED) is 0.768. The summed E-state index contributed by atoms with van der Waals surface area (Å²) in [7, 11) is 0. The molecule has 1 aliphatic carbocycles. The Morgan fingerprint density at radius 2 is 1.47 bits per heavy atom. The predicted molar refractivity (Wildman–Crippen MR) is 74.9 cm³/mol. The molecule has 1 rings (SSSR count). The van der Waals surface area contributed by atoms with Crippen LogP contribution in [0.2, 0.25) is 0 Å². The van der Waals surface area contributed by atoms with E-state index in [1.165, 1.54) is 0 Å². The highest BCUT2D eigenvalue weighted by Crippen LogP contribution is 2.42. The molecule has 0 saturated heterocycles. The second kappa shape index (κ2) is 8.18. The third-order valence-corrected chi connectivity index (χ3v) is 4.03. The van der Waals surface area contributed by atoms with Gasteiger partial charge in [-0.15, -0.1) is 0 Å². The first-order chi connectivity index (χ1) is 8.84. The maximum atomic E-state index is 11.1. The van der Waals surface area contributed by atoms with Gasteiger partial charge in [0.1, 0.15) is 0 Å². The average Bonchev–Trinajstić information content (AvgIpc) is 2.30. The average molecular weight is 272 g/mol. The predicted octanol–water partition coefficient (Wildman–Crippen LogP) is 3.51. The lowest BCUT2D eigenvalue weighted by atomic mass is 9.65. The molecule has 4 heteroatoms. The molecule has 3 unspecified atom stereocenters. The van der Waals surface area contributed by atoms with Crippen molar-refractivity contribution in [1.82, 2.24) is 0 Å². The summed E-state index contributed by atoms with van der Waals surface area (Å²) in [6.45, 7) is 10.2. The molecule has 0 aromatic heterocycles. The number of rotatable bonds is 4. The Labute approximate surface area is 116 Å². The lowest BCUT2D eigenvalue weighted by Crippen LogP contribution is -2.40. The highest BCUT2D eigenvalue weighted by molar-refractivity contribution is 5.93. The van der Waals surface area contributed by atoms with Gasteiger partial charge in [0.25, 0.3) is 0 Å². The van der Waals surface area contributed by atoms with Gasteiger partial charge in [0.05, 0.1) is 0 Å². The van der Waals surface area contributed by atoms with Crippen molar-refractivity contribution in [2.24, 2.45) is 29.6 Å². The Balaban J connectivity index is 0.00000154. The van der Waals surface area contributed by atoms with E-state index < -0.39 is 17.9 Å². The fourth-order valence-electron chi connectivity index (χ4n) is 3.13. The highest BCUT2D eigenvalue weighted by atomic mass is 16.4. The molecule has 112 valence electrons. The Morgan fingerprint density at radius 3 is 1.84 bits per heavy atom. The minimum Gasteiger partial charge on any atom is -0.481 e. The fourth-order valence-corrected chi connectivity index (χ4v) is 3.13. The summed E-state index contributed by atoms with van der Waals surface area (Å²) in [6.07, 6.45) is 2.73. The van der Waals surface area contributed by atoms with E-state index in [1.54, 1.807) is 0 Å². The molecule has 0 spiro atoms. The second-order valence-corrected chi connectivity index (χ2v) is 5.64. The summed E-state index contributed by atoms with van der Waals surface area (Å²) < 4.78 is 0. The van der Waals surface area contributed by atoms with Gasteiger partial charge in [-0.25, -0.2) is 0 Å². The molecule has 0 amide bonds. The topological polar surface area (TPSA) is 74.6 Å². The van der Waals surface area contributed by atoms with Crippen LogP contribution in [0.3, 0.4) is 0 Å². The Hall–Kier alpha value is -1.06. The fraction of sp³-hybridized carbons (Fsp3) is 0.867. The molecule has 0 bridgehead atoms. The molecule has 4 nitrogen and oxygen atoms in total. The van der Waals surface area contributed by atoms with E-state index in [0.29, 0.717) is 18.3 Å². The maximum Gasteiger partial charge on any atom is 0.318 e. The van der Waals surface area contributed by atoms with Gasteiger partial charge in [-0.1, -0.05) is 41.0 Å². The van der Waals surface area contributed by atoms with Crippen LogP contribution in [-0.4, -0.2) is 22.2 Å². The van der Waals surface area contributed by atoms with E-state index in [0.717, 1.165) is 12.8 Å². The monoisotopic (exact) mass is 272 g/mol. The molecule has 1 fully saturated rings. The van der Waals surface area contributed by atoms with E-state index in [-0.39, 0.29) is 11.8 Å². The van der Waals surface area contributed by atoms with Gasteiger partial charge < -0.3 is 10.2 Å². The number of carboxylic acids is 2. The van der Waals surface area contributed by atoms with Gasteiger partial charge in [-0.2, -0.15) is 0 Å². The van der Waals surface area contributed by atoms with Gasteiger partial charge in [0.15, 0.2) is 5.92 Å². The summed E-state index contributed by atoms with van der Waals surface area (Å²) in [6, 6.07) is 0. The van der Waals surface area contributed by atoms with Crippen LogP contribution in [0.4, 0.5) is 0 Å². The Kier molecular flexibility index (Phi) is 7.72. The van der Waals surface area contributed by atoms with Gasteiger partial charge >= 0.3 is 11.9 Å². The normalized spacial score (nSPS) is 26.8. The summed E-state index contributed by atoms with van der Waals surface area (Å²) >= 11 is 0. The second-order valence-electron chi connectivity index (χ2n) is 5.64. The van der Waals surface area contributed by atoms with Gasteiger partial charge in [-0.3, -0.25) is 9.59 Å². The minimum absolute atomic E-state index is 0.211. The smallest absolute Gasteiger partial charge is 0.318 e. The third-order valence-electron chi connectivity index (χ3n) is 4.03. The molecule has 0 radical (unpaired) electrons. The van der Waals surface area contributed by atoms with Crippen LogP contribution in [0.1, 0.15) is 53.9 Å². The molecule has 0 aromatic carbocycles. The highest BCUT2D eigenvalue weighted by Gasteiger charge is 2.42. The lowest BCUT2D eigenvalue weighted by Gasteiger charge is -2.39. The first-order valence-electron chi connectivity index (χ1n) is 7.30. The van der Waals surface area contributed by atoms with Crippen molar-refractivity contribution in [3.63, 3.8) is 0 Å². The van der Waals surface area contributed by atoms with E-state index in [9.17, 15) is 9.59 Å². The Morgan fingerprint density at radius 1 is 1.00 bits per heavy atom. The first-order valence-corrected chi connectivity index (χ1v) is 7.30. The van der Waals surface area contributed by atoms with Crippen molar-refractivity contribution in [3.05, 3.63) is 0 Å². The number of hydrogen-bond acceptors (Lipinski definition) is 2. The zero-order valence-electron chi connectivity index (χ0n) is 12.7. The van der Waals surface area contributed by atoms with Crippen molar-refractivity contribution in [1.29, 1.82) is 0 Å². The van der Waals surface area contributed by atoms with Crippen LogP contribution in [-0.2, 0) is 9.59 Å². The van der Waals surface area contributed by atoms with E-state index in [2.05, 4.69) is 20.8 Å². The van der Waals surface area contributed by atoms with Crippen molar-refractivity contribution >= 4 is 11.9 Å². The van der Waals surface area contributed by atoms with Crippen LogP contribution >= 0.6 is 0 Å². The standard InChI is InChI=1S/C13H22O4.C2H6/c1-7(2)9-5-4-8(3)6-10(9)11(12(14)15)13(16)17;1-2/h7-11H,4-6H2,1-3H3,(H,14,15)(H,16,17);1-2H3. The zero-order valence-corrected chi connectivity index (χ0v) is 12.7. The molecular weight excluding hydrogens is 244 g/mol. The van der Waals surface area contributed by atoms with Gasteiger partial charge in [0.2, 0.25) is 0 Å². The molecule has 0 heterocycles. The van der Waals surface area contributed by atoms with Crippen molar-refractivity contribution < 1.29 is 19.8 Å². The van der Waals surface area contributed by atoms with Crippen LogP contribution in [0, 0.1) is 29.6 Å². The van der Waals surface area contributed by atoms with E-state index in [4.69, 9.17) is 10.2 Å². The first kappa shape index (κ1) is 17.9. The molecular formula is C15H28O4. The largest absolute Gasteiger partial charge is 0.481 e. The molecule has 1 aliphatic rings. The van der Waals surface area contributed by atoms with Crippen LogP contribution in [0.15, 0.2) is 0 Å². The van der Waals surface area contributed by atoms with Crippen LogP contribution in [0.5, 0.6) is 0 Å². The van der Waals surface area contributed by atoms with Crippen LogP contribution < -0.4 is 0 Å². The van der Waals surface area contributed by atoms with E-state index >= 15 is 0 Å². The van der Waals surface area contributed by atoms with Gasteiger partial charge in [-0.05, 0) is 36.5 Å². The molecule has 3 atom stereocenters. The minimum atomic E-state index is -1.25. The van der Waals surface area contributed by atoms with Crippen molar-refractivity contribution in [2.45, 2.75) is 53.9 Å². The SMILES string of the molecule is CC.CC1CCC(C(C)C)C(C(C(=O)O)C(=O)O)C1. The number of carboxylic acid groups (broad SMARTS) is 2. The summed E-state index contributed by atoms with van der Waals surface area (Å²) in [5.41, 5.74) is 0. The molecule has 0 aliphatic heterocycles. The van der Waals surface area contributed by atoms with Gasteiger partial charge in [0, 0.05) is 0 Å². The molecule has 19 heavy (non-hydrogen) atoms. The summed E-state index contributed by atoms with van der Waals surface area (Å²) in [5, 5.41) is 18.2. The zero-order chi connectivity index (χ0) is 15.2. The maximum absolute atomic E-state index is 11.1. The molecule has 0 aromatic rings. The van der Waals surface area contributed by atoms with E-state index in [1.807, 2.05) is 13.8 Å².